The second-order valence-electron chi connectivity index (χ2n) is 4.67. The van der Waals surface area contributed by atoms with Crippen LogP contribution in [0.4, 0.5) is 5.69 Å². The van der Waals surface area contributed by atoms with Gasteiger partial charge in [0.1, 0.15) is 0 Å². The minimum atomic E-state index is -0.979. The smallest absolute Gasteiger partial charge is 0.338 e. The van der Waals surface area contributed by atoms with Crippen LogP contribution in [0.1, 0.15) is 17.3 Å². The molecular weight excluding hydrogens is 361 g/mol. The molecule has 0 aliphatic heterocycles. The fourth-order valence-corrected chi connectivity index (χ4v) is 2.11. The van der Waals surface area contributed by atoms with Crippen molar-refractivity contribution in [2.75, 3.05) is 5.32 Å². The van der Waals surface area contributed by atoms with Crippen molar-refractivity contribution in [2.24, 2.45) is 0 Å². The lowest BCUT2D eigenvalue weighted by Crippen LogP contribution is -2.30. The van der Waals surface area contributed by atoms with Gasteiger partial charge in [-0.05, 0) is 49.4 Å². The SMILES string of the molecule is C[C@H](OC(=O)c1ccc(Cl)c(Cl)c1)C(=O)Nc1ccc(Cl)cc1. The molecule has 0 saturated carbocycles. The zero-order valence-corrected chi connectivity index (χ0v) is 14.2. The summed E-state index contributed by atoms with van der Waals surface area (Å²) in [7, 11) is 0. The highest BCUT2D eigenvalue weighted by molar-refractivity contribution is 6.42. The number of hydrogen-bond acceptors (Lipinski definition) is 3. The number of ether oxygens (including phenoxy) is 1. The molecule has 1 atom stereocenters. The number of rotatable bonds is 4. The molecule has 0 heterocycles. The second kappa shape index (κ2) is 7.68. The Morgan fingerprint density at radius 2 is 1.65 bits per heavy atom. The highest BCUT2D eigenvalue weighted by Crippen LogP contribution is 2.23. The predicted molar refractivity (Wildman–Crippen MR) is 91.4 cm³/mol. The lowest BCUT2D eigenvalue weighted by atomic mass is 10.2. The summed E-state index contributed by atoms with van der Waals surface area (Å²) in [5.41, 5.74) is 0.766. The molecule has 1 N–H and O–H groups in total. The van der Waals surface area contributed by atoms with Crippen molar-refractivity contribution in [3.63, 3.8) is 0 Å². The van der Waals surface area contributed by atoms with Crippen molar-refractivity contribution in [3.8, 4) is 0 Å². The van der Waals surface area contributed by atoms with Crippen LogP contribution in [0.15, 0.2) is 42.5 Å². The van der Waals surface area contributed by atoms with E-state index >= 15 is 0 Å². The number of amides is 1. The third-order valence-electron chi connectivity index (χ3n) is 2.92. The average Bonchev–Trinajstić information content (AvgIpc) is 2.52. The topological polar surface area (TPSA) is 55.4 Å². The first-order valence-corrected chi connectivity index (χ1v) is 7.72. The summed E-state index contributed by atoms with van der Waals surface area (Å²) >= 11 is 17.4. The third kappa shape index (κ3) is 4.86. The number of esters is 1. The number of halogens is 3. The molecule has 2 aromatic rings. The summed E-state index contributed by atoms with van der Waals surface area (Å²) in [6.07, 6.45) is -0.979. The van der Waals surface area contributed by atoms with E-state index in [9.17, 15) is 9.59 Å². The molecule has 0 saturated heterocycles. The molecular formula is C16H12Cl3NO3. The molecule has 2 aromatic carbocycles. The van der Waals surface area contributed by atoms with E-state index in [1.807, 2.05) is 0 Å². The molecule has 23 heavy (non-hydrogen) atoms. The van der Waals surface area contributed by atoms with E-state index in [4.69, 9.17) is 39.5 Å². The fourth-order valence-electron chi connectivity index (χ4n) is 1.68. The molecule has 0 aromatic heterocycles. The Bertz CT molecular complexity index is 732. The van der Waals surface area contributed by atoms with Crippen LogP contribution >= 0.6 is 34.8 Å². The monoisotopic (exact) mass is 371 g/mol. The molecule has 0 spiro atoms. The van der Waals surface area contributed by atoms with Crippen molar-refractivity contribution < 1.29 is 14.3 Å². The van der Waals surface area contributed by atoms with Gasteiger partial charge in [0, 0.05) is 10.7 Å². The Morgan fingerprint density at radius 3 is 2.26 bits per heavy atom. The van der Waals surface area contributed by atoms with Gasteiger partial charge in [-0.3, -0.25) is 4.79 Å². The van der Waals surface area contributed by atoms with Gasteiger partial charge in [0.25, 0.3) is 5.91 Å². The van der Waals surface area contributed by atoms with Crippen LogP contribution < -0.4 is 5.32 Å². The molecule has 0 bridgehead atoms. The molecule has 2 rings (SSSR count). The van der Waals surface area contributed by atoms with E-state index in [0.29, 0.717) is 15.7 Å². The highest BCUT2D eigenvalue weighted by Gasteiger charge is 2.19. The number of anilines is 1. The highest BCUT2D eigenvalue weighted by atomic mass is 35.5. The maximum atomic E-state index is 12.0. The van der Waals surface area contributed by atoms with Gasteiger partial charge < -0.3 is 10.1 Å². The van der Waals surface area contributed by atoms with E-state index < -0.39 is 18.0 Å². The van der Waals surface area contributed by atoms with Gasteiger partial charge in [-0.15, -0.1) is 0 Å². The Hall–Kier alpha value is -1.75. The van der Waals surface area contributed by atoms with Crippen LogP contribution in [-0.4, -0.2) is 18.0 Å². The number of carbonyl (C=O) groups is 2. The van der Waals surface area contributed by atoms with Gasteiger partial charge in [-0.1, -0.05) is 34.8 Å². The molecule has 0 unspecified atom stereocenters. The molecule has 0 fully saturated rings. The van der Waals surface area contributed by atoms with Crippen LogP contribution in [0.25, 0.3) is 0 Å². The zero-order valence-electron chi connectivity index (χ0n) is 12.0. The lowest BCUT2D eigenvalue weighted by Gasteiger charge is -2.14. The molecule has 7 heteroatoms. The first-order valence-electron chi connectivity index (χ1n) is 6.59. The van der Waals surface area contributed by atoms with Crippen LogP contribution in [-0.2, 0) is 9.53 Å². The van der Waals surface area contributed by atoms with Crippen LogP contribution in [0.2, 0.25) is 15.1 Å². The van der Waals surface area contributed by atoms with Crippen LogP contribution in [0.5, 0.6) is 0 Å². The van der Waals surface area contributed by atoms with Gasteiger partial charge in [0.2, 0.25) is 0 Å². The van der Waals surface area contributed by atoms with Gasteiger partial charge in [-0.2, -0.15) is 0 Å². The average molecular weight is 373 g/mol. The van der Waals surface area contributed by atoms with Gasteiger partial charge in [0.15, 0.2) is 6.10 Å². The number of carbonyl (C=O) groups excluding carboxylic acids is 2. The van der Waals surface area contributed by atoms with Crippen LogP contribution in [0.3, 0.4) is 0 Å². The van der Waals surface area contributed by atoms with E-state index in [1.165, 1.54) is 25.1 Å². The molecule has 120 valence electrons. The molecule has 4 nitrogen and oxygen atoms in total. The van der Waals surface area contributed by atoms with Crippen LogP contribution in [0, 0.1) is 0 Å². The van der Waals surface area contributed by atoms with E-state index in [0.717, 1.165) is 0 Å². The Kier molecular flexibility index (Phi) is 5.88. The van der Waals surface area contributed by atoms with Crippen molar-refractivity contribution in [3.05, 3.63) is 63.1 Å². The van der Waals surface area contributed by atoms with Crippen molar-refractivity contribution >= 4 is 52.4 Å². The van der Waals surface area contributed by atoms with E-state index in [2.05, 4.69) is 5.32 Å². The zero-order chi connectivity index (χ0) is 17.0. The number of nitrogens with one attached hydrogen (secondary N) is 1. The summed E-state index contributed by atoms with van der Waals surface area (Å²) in [6, 6.07) is 10.9. The normalized spacial score (nSPS) is 11.7. The summed E-state index contributed by atoms with van der Waals surface area (Å²) in [4.78, 5) is 24.0. The summed E-state index contributed by atoms with van der Waals surface area (Å²) in [5, 5.41) is 3.75. The quantitative estimate of drug-likeness (QED) is 0.782. The van der Waals surface area contributed by atoms with E-state index in [1.54, 1.807) is 24.3 Å². The third-order valence-corrected chi connectivity index (χ3v) is 3.91. The first-order chi connectivity index (χ1) is 10.9. The first kappa shape index (κ1) is 17.6. The maximum absolute atomic E-state index is 12.0. The molecule has 0 radical (unpaired) electrons. The Balaban J connectivity index is 1.98. The summed E-state index contributed by atoms with van der Waals surface area (Å²) in [6.45, 7) is 1.47. The van der Waals surface area contributed by atoms with Gasteiger partial charge in [-0.25, -0.2) is 4.79 Å². The fraction of sp³-hybridized carbons (Fsp3) is 0.125. The van der Waals surface area contributed by atoms with Gasteiger partial charge >= 0.3 is 5.97 Å². The number of hydrogen-bond donors (Lipinski definition) is 1. The Morgan fingerprint density at radius 1 is 1.00 bits per heavy atom. The van der Waals surface area contributed by atoms with Crippen molar-refractivity contribution in [1.82, 2.24) is 0 Å². The van der Waals surface area contributed by atoms with E-state index in [-0.39, 0.29) is 10.6 Å². The second-order valence-corrected chi connectivity index (χ2v) is 5.92. The minimum Gasteiger partial charge on any atom is -0.449 e. The summed E-state index contributed by atoms with van der Waals surface area (Å²) < 4.78 is 5.11. The molecule has 0 aliphatic rings. The summed E-state index contributed by atoms with van der Waals surface area (Å²) in [5.74, 6) is -1.12. The standard InChI is InChI=1S/C16H12Cl3NO3/c1-9(15(21)20-12-5-3-11(17)4-6-12)23-16(22)10-2-7-13(18)14(19)8-10/h2-9H,1H3,(H,20,21)/t9-/m0/s1. The van der Waals surface area contributed by atoms with Crippen molar-refractivity contribution in [2.45, 2.75) is 13.0 Å². The maximum Gasteiger partial charge on any atom is 0.338 e. The Labute approximate surface area is 148 Å². The number of benzene rings is 2. The predicted octanol–water partition coefficient (Wildman–Crippen LogP) is 4.83. The molecule has 1 amide bonds. The minimum absolute atomic E-state index is 0.213. The van der Waals surface area contributed by atoms with Crippen molar-refractivity contribution in [1.29, 1.82) is 0 Å². The largest absolute Gasteiger partial charge is 0.449 e. The lowest BCUT2D eigenvalue weighted by molar-refractivity contribution is -0.123. The van der Waals surface area contributed by atoms with Gasteiger partial charge in [0.05, 0.1) is 15.6 Å². The molecule has 0 aliphatic carbocycles.